The Labute approximate surface area is 106 Å². The zero-order valence-electron chi connectivity index (χ0n) is 8.76. The van der Waals surface area contributed by atoms with E-state index < -0.39 is 18.0 Å². The average molecular weight is 303 g/mol. The Balaban J connectivity index is 2.94. The Kier molecular flexibility index (Phi) is 4.65. The van der Waals surface area contributed by atoms with Crippen molar-refractivity contribution in [3.8, 4) is 0 Å². The van der Waals surface area contributed by atoms with E-state index in [2.05, 4.69) is 15.9 Å². The fourth-order valence-corrected chi connectivity index (χ4v) is 1.81. The van der Waals surface area contributed by atoms with Crippen LogP contribution in [0.2, 0.25) is 0 Å². The summed E-state index contributed by atoms with van der Waals surface area (Å²) in [6.45, 7) is 0. The standard InChI is InChI=1S/C11H11BrO5/c12-8-3-1-6(2-4-9(13)14)5-7(8)10(15)11(16)17/h1,3,5,10,15H,2,4H2,(H,13,14)(H,16,17). The van der Waals surface area contributed by atoms with Crippen LogP contribution >= 0.6 is 15.9 Å². The van der Waals surface area contributed by atoms with Crippen molar-refractivity contribution in [1.29, 1.82) is 0 Å². The van der Waals surface area contributed by atoms with Gasteiger partial charge in [0.05, 0.1) is 0 Å². The molecular weight excluding hydrogens is 292 g/mol. The van der Waals surface area contributed by atoms with Gasteiger partial charge < -0.3 is 15.3 Å². The maximum Gasteiger partial charge on any atom is 0.337 e. The maximum absolute atomic E-state index is 10.7. The second-order valence-corrected chi connectivity index (χ2v) is 4.34. The number of aliphatic hydroxyl groups is 1. The van der Waals surface area contributed by atoms with Gasteiger partial charge in [-0.05, 0) is 18.1 Å². The van der Waals surface area contributed by atoms with E-state index in [1.54, 1.807) is 12.1 Å². The largest absolute Gasteiger partial charge is 0.481 e. The second-order valence-electron chi connectivity index (χ2n) is 3.49. The molecule has 17 heavy (non-hydrogen) atoms. The van der Waals surface area contributed by atoms with Crippen LogP contribution < -0.4 is 0 Å². The number of hydrogen-bond donors (Lipinski definition) is 3. The maximum atomic E-state index is 10.7. The first-order valence-corrected chi connectivity index (χ1v) is 5.62. The predicted octanol–water partition coefficient (Wildman–Crippen LogP) is 1.58. The molecule has 0 saturated carbocycles. The molecule has 0 aromatic heterocycles. The van der Waals surface area contributed by atoms with Gasteiger partial charge in [0.2, 0.25) is 0 Å². The normalized spacial score (nSPS) is 12.1. The van der Waals surface area contributed by atoms with Crippen molar-refractivity contribution in [1.82, 2.24) is 0 Å². The molecule has 1 unspecified atom stereocenters. The fraction of sp³-hybridized carbons (Fsp3) is 0.273. The van der Waals surface area contributed by atoms with Gasteiger partial charge in [0.25, 0.3) is 0 Å². The quantitative estimate of drug-likeness (QED) is 0.767. The van der Waals surface area contributed by atoms with E-state index >= 15 is 0 Å². The van der Waals surface area contributed by atoms with Gasteiger partial charge in [0, 0.05) is 16.5 Å². The van der Waals surface area contributed by atoms with Gasteiger partial charge in [-0.2, -0.15) is 0 Å². The number of rotatable bonds is 5. The predicted molar refractivity (Wildman–Crippen MR) is 62.7 cm³/mol. The number of aliphatic carboxylic acids is 2. The Bertz CT molecular complexity index is 443. The van der Waals surface area contributed by atoms with Crippen molar-refractivity contribution < 1.29 is 24.9 Å². The molecule has 1 atom stereocenters. The molecule has 0 aliphatic carbocycles. The highest BCUT2D eigenvalue weighted by Gasteiger charge is 2.19. The minimum absolute atomic E-state index is 0.0375. The smallest absolute Gasteiger partial charge is 0.337 e. The molecule has 0 heterocycles. The summed E-state index contributed by atoms with van der Waals surface area (Å²) < 4.78 is 0.478. The molecule has 0 spiro atoms. The first-order chi connectivity index (χ1) is 7.91. The van der Waals surface area contributed by atoms with Crippen molar-refractivity contribution in [2.45, 2.75) is 18.9 Å². The molecule has 5 nitrogen and oxygen atoms in total. The van der Waals surface area contributed by atoms with Crippen LogP contribution in [0.4, 0.5) is 0 Å². The minimum atomic E-state index is -1.62. The van der Waals surface area contributed by atoms with Crippen LogP contribution in [0, 0.1) is 0 Å². The molecular formula is C11H11BrO5. The van der Waals surface area contributed by atoms with Crippen LogP contribution in [0.5, 0.6) is 0 Å². The van der Waals surface area contributed by atoms with Crippen molar-refractivity contribution in [3.05, 3.63) is 33.8 Å². The molecule has 3 N–H and O–H groups in total. The number of carboxylic acid groups (broad SMARTS) is 2. The number of aryl methyl sites for hydroxylation is 1. The first kappa shape index (κ1) is 13.7. The zero-order chi connectivity index (χ0) is 13.0. The van der Waals surface area contributed by atoms with Crippen LogP contribution in [0.1, 0.15) is 23.7 Å². The summed E-state index contributed by atoms with van der Waals surface area (Å²) in [5.74, 6) is -2.27. The van der Waals surface area contributed by atoms with Gasteiger partial charge in [-0.1, -0.05) is 28.1 Å². The topological polar surface area (TPSA) is 94.8 Å². The lowest BCUT2D eigenvalue weighted by Gasteiger charge is -2.10. The van der Waals surface area contributed by atoms with E-state index in [4.69, 9.17) is 10.2 Å². The van der Waals surface area contributed by atoms with E-state index in [-0.39, 0.29) is 12.0 Å². The van der Waals surface area contributed by atoms with E-state index in [1.807, 2.05) is 0 Å². The molecule has 0 radical (unpaired) electrons. The Morgan fingerprint density at radius 1 is 1.29 bits per heavy atom. The summed E-state index contributed by atoms with van der Waals surface area (Å²) in [5.41, 5.74) is 0.895. The minimum Gasteiger partial charge on any atom is -0.481 e. The van der Waals surface area contributed by atoms with Crippen molar-refractivity contribution in [2.75, 3.05) is 0 Å². The number of carboxylic acids is 2. The zero-order valence-corrected chi connectivity index (χ0v) is 10.3. The second kappa shape index (κ2) is 5.79. The van der Waals surface area contributed by atoms with Gasteiger partial charge in [-0.15, -0.1) is 0 Å². The molecule has 0 bridgehead atoms. The Morgan fingerprint density at radius 3 is 2.47 bits per heavy atom. The fourth-order valence-electron chi connectivity index (χ4n) is 1.34. The monoisotopic (exact) mass is 302 g/mol. The SMILES string of the molecule is O=C(O)CCc1ccc(Br)c(C(O)C(=O)O)c1. The van der Waals surface area contributed by atoms with E-state index in [1.165, 1.54) is 6.07 Å². The van der Waals surface area contributed by atoms with Gasteiger partial charge in [-0.25, -0.2) is 4.79 Å². The Morgan fingerprint density at radius 2 is 1.94 bits per heavy atom. The first-order valence-electron chi connectivity index (χ1n) is 4.83. The molecule has 0 saturated heterocycles. The number of aliphatic hydroxyl groups excluding tert-OH is 1. The number of carbonyl (C=O) groups is 2. The lowest BCUT2D eigenvalue weighted by Crippen LogP contribution is -2.11. The molecule has 0 fully saturated rings. The van der Waals surface area contributed by atoms with Gasteiger partial charge in [-0.3, -0.25) is 4.79 Å². The van der Waals surface area contributed by atoms with Gasteiger partial charge in [0.1, 0.15) is 0 Å². The average Bonchev–Trinajstić information content (AvgIpc) is 2.26. The molecule has 92 valence electrons. The van der Waals surface area contributed by atoms with Gasteiger partial charge >= 0.3 is 11.9 Å². The molecule has 1 rings (SSSR count). The van der Waals surface area contributed by atoms with Crippen molar-refractivity contribution in [3.63, 3.8) is 0 Å². The highest BCUT2D eigenvalue weighted by atomic mass is 79.9. The molecule has 0 aliphatic heterocycles. The number of hydrogen-bond acceptors (Lipinski definition) is 3. The van der Waals surface area contributed by atoms with Gasteiger partial charge in [0.15, 0.2) is 6.10 Å². The lowest BCUT2D eigenvalue weighted by molar-refractivity contribution is -0.147. The number of halogens is 1. The third kappa shape index (κ3) is 3.83. The molecule has 1 aromatic rings. The highest BCUT2D eigenvalue weighted by Crippen LogP contribution is 2.25. The summed E-state index contributed by atoms with van der Waals surface area (Å²) in [6.07, 6.45) is -1.36. The lowest BCUT2D eigenvalue weighted by atomic mass is 10.0. The summed E-state index contributed by atoms with van der Waals surface area (Å²) in [7, 11) is 0. The Hall–Kier alpha value is -1.40. The summed E-state index contributed by atoms with van der Waals surface area (Å²) >= 11 is 3.14. The summed E-state index contributed by atoms with van der Waals surface area (Å²) in [6, 6.07) is 4.77. The van der Waals surface area contributed by atoms with Crippen LogP contribution in [-0.2, 0) is 16.0 Å². The van der Waals surface area contributed by atoms with E-state index in [0.29, 0.717) is 16.5 Å². The van der Waals surface area contributed by atoms with Crippen LogP contribution in [-0.4, -0.2) is 27.3 Å². The van der Waals surface area contributed by atoms with Crippen LogP contribution in [0.3, 0.4) is 0 Å². The third-order valence-electron chi connectivity index (χ3n) is 2.22. The van der Waals surface area contributed by atoms with E-state index in [0.717, 1.165) is 0 Å². The summed E-state index contributed by atoms with van der Waals surface area (Å²) in [4.78, 5) is 21.1. The molecule has 1 aromatic carbocycles. The summed E-state index contributed by atoms with van der Waals surface area (Å²) in [5, 5.41) is 26.7. The van der Waals surface area contributed by atoms with E-state index in [9.17, 15) is 14.7 Å². The van der Waals surface area contributed by atoms with Crippen molar-refractivity contribution >= 4 is 27.9 Å². The van der Waals surface area contributed by atoms with Crippen LogP contribution in [0.15, 0.2) is 22.7 Å². The van der Waals surface area contributed by atoms with Crippen molar-refractivity contribution in [2.24, 2.45) is 0 Å². The third-order valence-corrected chi connectivity index (χ3v) is 2.94. The molecule has 0 amide bonds. The highest BCUT2D eigenvalue weighted by molar-refractivity contribution is 9.10. The molecule has 6 heteroatoms. The number of benzene rings is 1. The molecule has 0 aliphatic rings. The van der Waals surface area contributed by atoms with Crippen LogP contribution in [0.25, 0.3) is 0 Å².